The Morgan fingerprint density at radius 3 is 2.75 bits per heavy atom. The summed E-state index contributed by atoms with van der Waals surface area (Å²) >= 11 is 0. The number of rotatable bonds is 3. The molecule has 1 aliphatic rings. The van der Waals surface area contributed by atoms with Crippen molar-refractivity contribution in [3.63, 3.8) is 0 Å². The van der Waals surface area contributed by atoms with Crippen LogP contribution in [-0.4, -0.2) is 42.2 Å². The first kappa shape index (κ1) is 11.5. The normalized spacial score (nSPS) is 21.2. The van der Waals surface area contributed by atoms with Gasteiger partial charge in [0, 0.05) is 5.92 Å². The molecule has 2 heterocycles. The van der Waals surface area contributed by atoms with E-state index in [4.69, 9.17) is 4.52 Å². The van der Waals surface area contributed by atoms with Crippen LogP contribution < -0.4 is 5.32 Å². The monoisotopic (exact) mass is 224 g/mol. The largest absolute Gasteiger partial charge is 0.338 e. The zero-order chi connectivity index (χ0) is 11.5. The number of likely N-dealkylation sites (tertiary alicyclic amines) is 1. The van der Waals surface area contributed by atoms with E-state index in [1.807, 2.05) is 14.0 Å². The molecule has 1 aliphatic heterocycles. The van der Waals surface area contributed by atoms with Crippen LogP contribution in [0.4, 0.5) is 0 Å². The molecule has 1 saturated heterocycles. The Hall–Kier alpha value is -0.940. The summed E-state index contributed by atoms with van der Waals surface area (Å²) in [4.78, 5) is 6.81. The van der Waals surface area contributed by atoms with E-state index >= 15 is 0 Å². The standard InChI is InChI=1S/C11H20N4O/c1-8(12-2)11-13-10(14-16-11)9-4-6-15(3)7-5-9/h8-9,12H,4-7H2,1-3H3. The molecule has 0 aliphatic carbocycles. The van der Waals surface area contributed by atoms with Crippen LogP contribution in [0.3, 0.4) is 0 Å². The molecular formula is C11H20N4O. The average molecular weight is 224 g/mol. The van der Waals surface area contributed by atoms with Gasteiger partial charge in [-0.25, -0.2) is 0 Å². The molecule has 0 saturated carbocycles. The lowest BCUT2D eigenvalue weighted by Gasteiger charge is -2.26. The Morgan fingerprint density at radius 2 is 2.12 bits per heavy atom. The molecule has 0 bridgehead atoms. The summed E-state index contributed by atoms with van der Waals surface area (Å²) in [5, 5.41) is 7.19. The van der Waals surface area contributed by atoms with E-state index in [2.05, 4.69) is 27.4 Å². The zero-order valence-electron chi connectivity index (χ0n) is 10.2. The molecule has 1 unspecified atom stereocenters. The van der Waals surface area contributed by atoms with Crippen molar-refractivity contribution in [3.05, 3.63) is 11.7 Å². The third-order valence-corrected chi connectivity index (χ3v) is 3.34. The van der Waals surface area contributed by atoms with Gasteiger partial charge in [0.25, 0.3) is 0 Å². The second-order valence-electron chi connectivity index (χ2n) is 4.58. The molecule has 1 fully saturated rings. The van der Waals surface area contributed by atoms with E-state index in [-0.39, 0.29) is 6.04 Å². The highest BCUT2D eigenvalue weighted by Gasteiger charge is 2.23. The summed E-state index contributed by atoms with van der Waals surface area (Å²) in [5.41, 5.74) is 0. The highest BCUT2D eigenvalue weighted by Crippen LogP contribution is 2.25. The molecule has 1 N–H and O–H groups in total. The van der Waals surface area contributed by atoms with Crippen LogP contribution >= 0.6 is 0 Å². The van der Waals surface area contributed by atoms with E-state index in [0.29, 0.717) is 11.8 Å². The Morgan fingerprint density at radius 1 is 1.44 bits per heavy atom. The highest BCUT2D eigenvalue weighted by atomic mass is 16.5. The highest BCUT2D eigenvalue weighted by molar-refractivity contribution is 4.99. The molecule has 5 heteroatoms. The van der Waals surface area contributed by atoms with Gasteiger partial charge in [-0.05, 0) is 47.0 Å². The van der Waals surface area contributed by atoms with E-state index in [0.717, 1.165) is 31.8 Å². The number of nitrogens with one attached hydrogen (secondary N) is 1. The Bertz CT molecular complexity index is 330. The topological polar surface area (TPSA) is 54.2 Å². The molecule has 1 aromatic rings. The summed E-state index contributed by atoms with van der Waals surface area (Å²) in [7, 11) is 4.05. The Labute approximate surface area is 96.2 Å². The SMILES string of the molecule is CNC(C)c1nc(C2CCN(C)CC2)no1. The third kappa shape index (κ3) is 2.41. The first-order chi connectivity index (χ1) is 7.70. The van der Waals surface area contributed by atoms with Crippen LogP contribution in [0.1, 0.15) is 43.4 Å². The molecule has 1 atom stereocenters. The minimum absolute atomic E-state index is 0.132. The van der Waals surface area contributed by atoms with Gasteiger partial charge in [-0.15, -0.1) is 0 Å². The molecule has 0 radical (unpaired) electrons. The summed E-state index contributed by atoms with van der Waals surface area (Å²) < 4.78 is 5.26. The van der Waals surface area contributed by atoms with Gasteiger partial charge < -0.3 is 14.7 Å². The van der Waals surface area contributed by atoms with Gasteiger partial charge in [-0.1, -0.05) is 5.16 Å². The van der Waals surface area contributed by atoms with Crippen LogP contribution in [0, 0.1) is 0 Å². The molecule has 2 rings (SSSR count). The second-order valence-corrected chi connectivity index (χ2v) is 4.58. The van der Waals surface area contributed by atoms with Crippen LogP contribution in [0.25, 0.3) is 0 Å². The lowest BCUT2D eigenvalue weighted by atomic mass is 9.97. The molecule has 90 valence electrons. The quantitative estimate of drug-likeness (QED) is 0.835. The molecule has 0 aromatic carbocycles. The molecule has 16 heavy (non-hydrogen) atoms. The molecule has 5 nitrogen and oxygen atoms in total. The van der Waals surface area contributed by atoms with Crippen molar-refractivity contribution in [1.29, 1.82) is 0 Å². The minimum atomic E-state index is 0.132. The van der Waals surface area contributed by atoms with Gasteiger partial charge in [0.05, 0.1) is 6.04 Å². The predicted molar refractivity (Wildman–Crippen MR) is 61.2 cm³/mol. The first-order valence-corrected chi connectivity index (χ1v) is 5.90. The van der Waals surface area contributed by atoms with Crippen molar-refractivity contribution in [2.45, 2.75) is 31.7 Å². The maximum atomic E-state index is 5.26. The molecular weight excluding hydrogens is 204 g/mol. The van der Waals surface area contributed by atoms with E-state index in [9.17, 15) is 0 Å². The van der Waals surface area contributed by atoms with Gasteiger partial charge in [0.15, 0.2) is 5.82 Å². The number of piperidine rings is 1. The van der Waals surface area contributed by atoms with Gasteiger partial charge in [0.2, 0.25) is 5.89 Å². The maximum Gasteiger partial charge on any atom is 0.243 e. The number of aromatic nitrogens is 2. The third-order valence-electron chi connectivity index (χ3n) is 3.34. The lowest BCUT2D eigenvalue weighted by Crippen LogP contribution is -2.29. The summed E-state index contributed by atoms with van der Waals surface area (Å²) in [5.74, 6) is 2.04. The Kier molecular flexibility index (Phi) is 3.56. The van der Waals surface area contributed by atoms with Crippen LogP contribution in [0.2, 0.25) is 0 Å². The van der Waals surface area contributed by atoms with E-state index < -0.39 is 0 Å². The number of hydrogen-bond acceptors (Lipinski definition) is 5. The average Bonchev–Trinajstić information content (AvgIpc) is 2.78. The molecule has 1 aromatic heterocycles. The fourth-order valence-corrected chi connectivity index (χ4v) is 1.98. The van der Waals surface area contributed by atoms with Gasteiger partial charge in [-0.3, -0.25) is 0 Å². The van der Waals surface area contributed by atoms with Crippen LogP contribution in [0.15, 0.2) is 4.52 Å². The number of hydrogen-bond donors (Lipinski definition) is 1. The first-order valence-electron chi connectivity index (χ1n) is 5.90. The van der Waals surface area contributed by atoms with Gasteiger partial charge in [0.1, 0.15) is 0 Å². The minimum Gasteiger partial charge on any atom is -0.338 e. The van der Waals surface area contributed by atoms with Gasteiger partial charge in [-0.2, -0.15) is 4.98 Å². The summed E-state index contributed by atoms with van der Waals surface area (Å²) in [6.07, 6.45) is 2.26. The molecule has 0 amide bonds. The predicted octanol–water partition coefficient (Wildman–Crippen LogP) is 1.16. The molecule has 0 spiro atoms. The smallest absolute Gasteiger partial charge is 0.243 e. The van der Waals surface area contributed by atoms with E-state index in [1.165, 1.54) is 0 Å². The second kappa shape index (κ2) is 4.93. The maximum absolute atomic E-state index is 5.26. The lowest BCUT2D eigenvalue weighted by molar-refractivity contribution is 0.247. The van der Waals surface area contributed by atoms with Crippen molar-refractivity contribution in [2.24, 2.45) is 0 Å². The Balaban J connectivity index is 2.01. The summed E-state index contributed by atoms with van der Waals surface area (Å²) in [6.45, 7) is 4.26. The fourth-order valence-electron chi connectivity index (χ4n) is 1.98. The fraction of sp³-hybridized carbons (Fsp3) is 0.818. The van der Waals surface area contributed by atoms with Crippen molar-refractivity contribution in [1.82, 2.24) is 20.4 Å². The van der Waals surface area contributed by atoms with Crippen molar-refractivity contribution >= 4 is 0 Å². The van der Waals surface area contributed by atoms with Crippen molar-refractivity contribution < 1.29 is 4.52 Å². The summed E-state index contributed by atoms with van der Waals surface area (Å²) in [6, 6.07) is 0.132. The number of nitrogens with zero attached hydrogens (tertiary/aromatic N) is 3. The van der Waals surface area contributed by atoms with Crippen molar-refractivity contribution in [2.75, 3.05) is 27.2 Å². The zero-order valence-corrected chi connectivity index (χ0v) is 10.2. The van der Waals surface area contributed by atoms with E-state index in [1.54, 1.807) is 0 Å². The van der Waals surface area contributed by atoms with Crippen LogP contribution in [-0.2, 0) is 0 Å². The van der Waals surface area contributed by atoms with Crippen molar-refractivity contribution in [3.8, 4) is 0 Å². The van der Waals surface area contributed by atoms with Crippen LogP contribution in [0.5, 0.6) is 0 Å². The van der Waals surface area contributed by atoms with Gasteiger partial charge >= 0.3 is 0 Å².